The molecule has 0 rings (SSSR count). The van der Waals surface area contributed by atoms with Crippen molar-refractivity contribution in [3.05, 3.63) is 0 Å². The molecule has 0 aliphatic carbocycles. The Labute approximate surface area is 110 Å². The molecule has 1 unspecified atom stereocenters. The molecule has 104 valence electrons. The first kappa shape index (κ1) is 19.0. The van der Waals surface area contributed by atoms with Gasteiger partial charge in [0.1, 0.15) is 6.10 Å². The minimum Gasteiger partial charge on any atom is -0.379 e. The normalized spacial score (nSPS) is 12.8. The van der Waals surface area contributed by atoms with E-state index in [1.54, 1.807) is 6.92 Å². The lowest BCUT2D eigenvalue weighted by Crippen LogP contribution is -2.47. The Morgan fingerprint density at radius 3 is 2.47 bits per heavy atom. The smallest absolute Gasteiger partial charge is 0.248 e. The van der Waals surface area contributed by atoms with Crippen molar-refractivity contribution in [3.8, 4) is 0 Å². The van der Waals surface area contributed by atoms with Gasteiger partial charge >= 0.3 is 0 Å². The average molecular weight is 269 g/mol. The summed E-state index contributed by atoms with van der Waals surface area (Å²) >= 11 is 0. The Bertz CT molecular complexity index is 207. The molecular weight excluding hydrogens is 244 g/mol. The van der Waals surface area contributed by atoms with Gasteiger partial charge in [-0.1, -0.05) is 0 Å². The summed E-state index contributed by atoms with van der Waals surface area (Å²) in [5.41, 5.74) is 5.35. The molecule has 0 spiro atoms. The minimum atomic E-state index is -0.470. The largest absolute Gasteiger partial charge is 0.379 e. The zero-order valence-electron chi connectivity index (χ0n) is 11.1. The lowest BCUT2D eigenvalue weighted by molar-refractivity contribution is -0.132. The fraction of sp³-hybridized carbons (Fsp3) is 0.909. The van der Waals surface area contributed by atoms with Gasteiger partial charge in [0, 0.05) is 18.7 Å². The minimum absolute atomic E-state index is 0. The molecule has 0 saturated heterocycles. The molecule has 1 atom stereocenters. The van der Waals surface area contributed by atoms with E-state index in [0.717, 1.165) is 0 Å². The highest BCUT2D eigenvalue weighted by atomic mass is 35.5. The van der Waals surface area contributed by atoms with Crippen LogP contribution in [-0.4, -0.2) is 43.9 Å². The quantitative estimate of drug-likeness (QED) is 0.636. The average Bonchev–Trinajstić information content (AvgIpc) is 2.19. The van der Waals surface area contributed by atoms with Gasteiger partial charge in [-0.2, -0.15) is 0 Å². The zero-order valence-corrected chi connectivity index (χ0v) is 11.9. The summed E-state index contributed by atoms with van der Waals surface area (Å²) in [5.74, 6) is -0.143. The van der Waals surface area contributed by atoms with E-state index >= 15 is 0 Å². The number of halogens is 1. The van der Waals surface area contributed by atoms with E-state index in [-0.39, 0.29) is 18.3 Å². The predicted octanol–water partition coefficient (Wildman–Crippen LogP) is 0.703. The molecule has 0 aliphatic rings. The maximum absolute atomic E-state index is 11.5. The molecule has 3 N–H and O–H groups in total. The van der Waals surface area contributed by atoms with E-state index < -0.39 is 11.6 Å². The molecule has 0 radical (unpaired) electrons. The third-order valence-corrected chi connectivity index (χ3v) is 1.89. The lowest BCUT2D eigenvalue weighted by atomic mass is 10.1. The highest BCUT2D eigenvalue weighted by Crippen LogP contribution is 1.95. The van der Waals surface area contributed by atoms with E-state index in [2.05, 4.69) is 5.32 Å². The number of rotatable bonds is 8. The van der Waals surface area contributed by atoms with Crippen LogP contribution in [0.2, 0.25) is 0 Å². The van der Waals surface area contributed by atoms with Crippen molar-refractivity contribution in [3.63, 3.8) is 0 Å². The molecule has 0 aromatic heterocycles. The van der Waals surface area contributed by atoms with Crippen molar-refractivity contribution < 1.29 is 14.3 Å². The van der Waals surface area contributed by atoms with Crippen LogP contribution in [-0.2, 0) is 14.3 Å². The van der Waals surface area contributed by atoms with Crippen LogP contribution in [0.5, 0.6) is 0 Å². The molecule has 0 aromatic rings. The molecule has 0 saturated carbocycles. The first-order chi connectivity index (χ1) is 7.37. The number of hydrogen-bond acceptors (Lipinski definition) is 4. The summed E-state index contributed by atoms with van der Waals surface area (Å²) in [4.78, 5) is 11.5. The number of nitrogens with one attached hydrogen (secondary N) is 1. The summed E-state index contributed by atoms with van der Waals surface area (Å²) < 4.78 is 10.4. The number of nitrogens with two attached hydrogens (primary N) is 1. The third kappa shape index (κ3) is 11.9. The van der Waals surface area contributed by atoms with Gasteiger partial charge in [0.05, 0.1) is 13.2 Å². The van der Waals surface area contributed by atoms with E-state index in [4.69, 9.17) is 15.2 Å². The van der Waals surface area contributed by atoms with Crippen molar-refractivity contribution in [2.24, 2.45) is 5.73 Å². The highest BCUT2D eigenvalue weighted by molar-refractivity contribution is 5.85. The highest BCUT2D eigenvalue weighted by Gasteiger charge is 2.16. The van der Waals surface area contributed by atoms with Crippen molar-refractivity contribution in [2.75, 3.05) is 26.4 Å². The molecule has 0 heterocycles. The van der Waals surface area contributed by atoms with Crippen LogP contribution >= 0.6 is 12.4 Å². The first-order valence-corrected chi connectivity index (χ1v) is 5.62. The van der Waals surface area contributed by atoms with Crippen molar-refractivity contribution in [1.82, 2.24) is 5.32 Å². The Kier molecular flexibility index (Phi) is 10.8. The number of amides is 1. The Morgan fingerprint density at radius 2 is 2.00 bits per heavy atom. The number of ether oxygens (including phenoxy) is 2. The van der Waals surface area contributed by atoms with Crippen LogP contribution in [0.4, 0.5) is 0 Å². The molecule has 6 heteroatoms. The number of carbonyl (C=O) groups excluding carboxylic acids is 1. The molecule has 0 fully saturated rings. The maximum Gasteiger partial charge on any atom is 0.248 e. The van der Waals surface area contributed by atoms with Crippen LogP contribution in [0.15, 0.2) is 0 Å². The molecule has 17 heavy (non-hydrogen) atoms. The second-order valence-electron chi connectivity index (χ2n) is 4.42. The zero-order chi connectivity index (χ0) is 12.6. The van der Waals surface area contributed by atoms with E-state index in [1.165, 1.54) is 0 Å². The van der Waals surface area contributed by atoms with Gasteiger partial charge in [-0.15, -0.1) is 12.4 Å². The SMILES string of the molecule is CCOCCOC(C)C(=O)NCC(C)(C)N.Cl. The maximum atomic E-state index is 11.5. The Morgan fingerprint density at radius 1 is 1.41 bits per heavy atom. The van der Waals surface area contributed by atoms with E-state index in [1.807, 2.05) is 20.8 Å². The summed E-state index contributed by atoms with van der Waals surface area (Å²) in [6, 6.07) is 0. The molecular formula is C11H25ClN2O3. The van der Waals surface area contributed by atoms with Gasteiger partial charge in [-0.3, -0.25) is 4.79 Å². The molecule has 0 bridgehead atoms. The first-order valence-electron chi connectivity index (χ1n) is 5.62. The van der Waals surface area contributed by atoms with Crippen LogP contribution in [0.25, 0.3) is 0 Å². The topological polar surface area (TPSA) is 73.6 Å². The summed E-state index contributed by atoms with van der Waals surface area (Å²) in [6.45, 7) is 9.37. The van der Waals surface area contributed by atoms with Gasteiger partial charge in [-0.05, 0) is 27.7 Å². The molecule has 5 nitrogen and oxygen atoms in total. The van der Waals surface area contributed by atoms with Gasteiger partial charge in [-0.25, -0.2) is 0 Å². The number of carbonyl (C=O) groups is 1. The molecule has 0 aliphatic heterocycles. The van der Waals surface area contributed by atoms with Crippen LogP contribution in [0, 0.1) is 0 Å². The molecule has 0 aromatic carbocycles. The Hall–Kier alpha value is -0.360. The Balaban J connectivity index is 0. The number of hydrogen-bond donors (Lipinski definition) is 2. The predicted molar refractivity (Wildman–Crippen MR) is 70.4 cm³/mol. The lowest BCUT2D eigenvalue weighted by Gasteiger charge is -2.20. The fourth-order valence-corrected chi connectivity index (χ4v) is 0.962. The van der Waals surface area contributed by atoms with E-state index in [9.17, 15) is 4.79 Å². The van der Waals surface area contributed by atoms with Crippen molar-refractivity contribution >= 4 is 18.3 Å². The summed E-state index contributed by atoms with van der Waals surface area (Å²) in [5, 5.41) is 2.73. The third-order valence-electron chi connectivity index (χ3n) is 1.89. The summed E-state index contributed by atoms with van der Waals surface area (Å²) in [6.07, 6.45) is -0.470. The van der Waals surface area contributed by atoms with Gasteiger partial charge < -0.3 is 20.5 Å². The second kappa shape index (κ2) is 9.65. The van der Waals surface area contributed by atoms with Crippen molar-refractivity contribution in [2.45, 2.75) is 39.3 Å². The van der Waals surface area contributed by atoms with Gasteiger partial charge in [0.25, 0.3) is 0 Å². The van der Waals surface area contributed by atoms with Gasteiger partial charge in [0.2, 0.25) is 5.91 Å². The van der Waals surface area contributed by atoms with Crippen LogP contribution < -0.4 is 11.1 Å². The van der Waals surface area contributed by atoms with Crippen molar-refractivity contribution in [1.29, 1.82) is 0 Å². The summed E-state index contributed by atoms with van der Waals surface area (Å²) in [7, 11) is 0. The van der Waals surface area contributed by atoms with Crippen LogP contribution in [0.3, 0.4) is 0 Å². The fourth-order valence-electron chi connectivity index (χ4n) is 0.962. The van der Waals surface area contributed by atoms with Gasteiger partial charge in [0.15, 0.2) is 0 Å². The standard InChI is InChI=1S/C11H24N2O3.ClH/c1-5-15-6-7-16-9(2)10(14)13-8-11(3,4)12;/h9H,5-8,12H2,1-4H3,(H,13,14);1H. The van der Waals surface area contributed by atoms with Crippen LogP contribution in [0.1, 0.15) is 27.7 Å². The molecule has 1 amide bonds. The monoisotopic (exact) mass is 268 g/mol. The van der Waals surface area contributed by atoms with E-state index in [0.29, 0.717) is 26.4 Å². The second-order valence-corrected chi connectivity index (χ2v) is 4.42.